The van der Waals surface area contributed by atoms with Crippen molar-refractivity contribution in [3.8, 4) is 0 Å². The van der Waals surface area contributed by atoms with Crippen molar-refractivity contribution in [3.63, 3.8) is 0 Å². The van der Waals surface area contributed by atoms with Crippen molar-refractivity contribution in [3.05, 3.63) is 0 Å². The van der Waals surface area contributed by atoms with Crippen LogP contribution >= 0.6 is 0 Å². The fourth-order valence-corrected chi connectivity index (χ4v) is 1.83. The van der Waals surface area contributed by atoms with Gasteiger partial charge in [-0.3, -0.25) is 9.80 Å². The van der Waals surface area contributed by atoms with Crippen molar-refractivity contribution in [2.24, 2.45) is 5.92 Å². The lowest BCUT2D eigenvalue weighted by Crippen LogP contribution is -2.49. The van der Waals surface area contributed by atoms with Gasteiger partial charge in [0.1, 0.15) is 0 Å². The largest absolute Gasteiger partial charge is 0.381 e. The Morgan fingerprint density at radius 3 is 3.00 bits per heavy atom. The van der Waals surface area contributed by atoms with E-state index in [2.05, 4.69) is 5.43 Å². The van der Waals surface area contributed by atoms with Gasteiger partial charge in [0.2, 0.25) is 5.91 Å². The minimum Gasteiger partial charge on any atom is -0.381 e. The Balaban J connectivity index is 1.87. The van der Waals surface area contributed by atoms with E-state index in [0.29, 0.717) is 6.61 Å². The maximum Gasteiger partial charge on any atom is 0.242 e. The highest BCUT2D eigenvalue weighted by Gasteiger charge is 2.28. The van der Waals surface area contributed by atoms with Gasteiger partial charge in [0.25, 0.3) is 0 Å². The van der Waals surface area contributed by atoms with Crippen LogP contribution in [0.15, 0.2) is 0 Å². The number of rotatable bonds is 1. The SMILES string of the molecule is O=C(C1CCOC1)N1CCCCN1. The molecular formula is C9H16N2O2. The number of nitrogens with one attached hydrogen (secondary N) is 1. The molecule has 1 amide bonds. The topological polar surface area (TPSA) is 41.6 Å². The van der Waals surface area contributed by atoms with E-state index in [0.717, 1.165) is 32.5 Å². The van der Waals surface area contributed by atoms with E-state index < -0.39 is 0 Å². The summed E-state index contributed by atoms with van der Waals surface area (Å²) in [6.45, 7) is 3.13. The summed E-state index contributed by atoms with van der Waals surface area (Å²) < 4.78 is 5.19. The van der Waals surface area contributed by atoms with Gasteiger partial charge < -0.3 is 4.74 Å². The third-order valence-electron chi connectivity index (χ3n) is 2.66. The number of ether oxygens (including phenoxy) is 1. The Kier molecular flexibility index (Phi) is 2.80. The summed E-state index contributed by atoms with van der Waals surface area (Å²) in [6.07, 6.45) is 3.17. The molecule has 2 aliphatic heterocycles. The van der Waals surface area contributed by atoms with Gasteiger partial charge in [-0.25, -0.2) is 5.43 Å². The molecule has 0 aromatic heterocycles. The number of hydrogen-bond donors (Lipinski definition) is 1. The first-order valence-corrected chi connectivity index (χ1v) is 5.00. The second-order valence-electron chi connectivity index (χ2n) is 3.67. The highest BCUT2D eigenvalue weighted by atomic mass is 16.5. The van der Waals surface area contributed by atoms with Crippen LogP contribution in [0.5, 0.6) is 0 Å². The third kappa shape index (κ3) is 2.00. The van der Waals surface area contributed by atoms with Gasteiger partial charge in [-0.1, -0.05) is 0 Å². The molecule has 2 fully saturated rings. The lowest BCUT2D eigenvalue weighted by molar-refractivity contribution is -0.139. The van der Waals surface area contributed by atoms with E-state index in [1.54, 1.807) is 5.01 Å². The van der Waals surface area contributed by atoms with Crippen LogP contribution < -0.4 is 5.43 Å². The molecule has 4 heteroatoms. The summed E-state index contributed by atoms with van der Waals surface area (Å²) >= 11 is 0. The van der Waals surface area contributed by atoms with Crippen molar-refractivity contribution in [2.45, 2.75) is 19.3 Å². The molecule has 1 N–H and O–H groups in total. The molecule has 0 radical (unpaired) electrons. The van der Waals surface area contributed by atoms with Crippen molar-refractivity contribution < 1.29 is 9.53 Å². The van der Waals surface area contributed by atoms with E-state index >= 15 is 0 Å². The van der Waals surface area contributed by atoms with Crippen LogP contribution in [0.1, 0.15) is 19.3 Å². The van der Waals surface area contributed by atoms with Crippen molar-refractivity contribution >= 4 is 5.91 Å². The summed E-state index contributed by atoms with van der Waals surface area (Å²) in [5, 5.41) is 1.77. The van der Waals surface area contributed by atoms with Crippen LogP contribution in [0.4, 0.5) is 0 Å². The molecule has 13 heavy (non-hydrogen) atoms. The Morgan fingerprint density at radius 1 is 1.46 bits per heavy atom. The summed E-state index contributed by atoms with van der Waals surface area (Å²) in [5.41, 5.74) is 3.12. The first kappa shape index (κ1) is 8.97. The van der Waals surface area contributed by atoms with Crippen LogP contribution in [0.25, 0.3) is 0 Å². The predicted octanol–water partition coefficient (Wildman–Crippen LogP) is 0.150. The Morgan fingerprint density at radius 2 is 2.38 bits per heavy atom. The number of nitrogens with zero attached hydrogens (tertiary/aromatic N) is 1. The maximum atomic E-state index is 11.8. The zero-order valence-corrected chi connectivity index (χ0v) is 7.79. The first-order chi connectivity index (χ1) is 6.38. The number of carbonyl (C=O) groups excluding carboxylic acids is 1. The molecule has 1 atom stereocenters. The standard InChI is InChI=1S/C9H16N2O2/c12-9(8-3-6-13-7-8)11-5-2-1-4-10-11/h8,10H,1-7H2. The van der Waals surface area contributed by atoms with Gasteiger partial charge >= 0.3 is 0 Å². The maximum absolute atomic E-state index is 11.8. The summed E-state index contributed by atoms with van der Waals surface area (Å²) in [6, 6.07) is 0. The van der Waals surface area contributed by atoms with Gasteiger partial charge in [0, 0.05) is 19.7 Å². The van der Waals surface area contributed by atoms with Gasteiger partial charge in [-0.2, -0.15) is 0 Å². The summed E-state index contributed by atoms with van der Waals surface area (Å²) in [7, 11) is 0. The van der Waals surface area contributed by atoms with E-state index in [1.807, 2.05) is 0 Å². The van der Waals surface area contributed by atoms with Crippen molar-refractivity contribution in [1.29, 1.82) is 0 Å². The van der Waals surface area contributed by atoms with Gasteiger partial charge in [-0.15, -0.1) is 0 Å². The fraction of sp³-hybridized carbons (Fsp3) is 0.889. The molecule has 2 heterocycles. The highest BCUT2D eigenvalue weighted by Crippen LogP contribution is 2.15. The fourth-order valence-electron chi connectivity index (χ4n) is 1.83. The minimum absolute atomic E-state index is 0.102. The zero-order chi connectivity index (χ0) is 9.10. The number of carbonyl (C=O) groups is 1. The van der Waals surface area contributed by atoms with Crippen LogP contribution in [-0.4, -0.2) is 37.2 Å². The van der Waals surface area contributed by atoms with Gasteiger partial charge in [0.15, 0.2) is 0 Å². The third-order valence-corrected chi connectivity index (χ3v) is 2.66. The quantitative estimate of drug-likeness (QED) is 0.630. The van der Waals surface area contributed by atoms with Crippen LogP contribution in [0.3, 0.4) is 0 Å². The zero-order valence-electron chi connectivity index (χ0n) is 7.79. The first-order valence-electron chi connectivity index (χ1n) is 5.00. The molecule has 2 aliphatic rings. The Bertz CT molecular complexity index is 184. The predicted molar refractivity (Wildman–Crippen MR) is 47.9 cm³/mol. The molecular weight excluding hydrogens is 168 g/mol. The second-order valence-corrected chi connectivity index (χ2v) is 3.67. The van der Waals surface area contributed by atoms with Crippen LogP contribution in [-0.2, 0) is 9.53 Å². The average molecular weight is 184 g/mol. The molecule has 0 aromatic carbocycles. The smallest absolute Gasteiger partial charge is 0.242 e. The lowest BCUT2D eigenvalue weighted by Gasteiger charge is -2.29. The van der Waals surface area contributed by atoms with E-state index in [4.69, 9.17) is 4.74 Å². The summed E-state index contributed by atoms with van der Waals surface area (Å²) in [4.78, 5) is 11.8. The molecule has 0 saturated carbocycles. The molecule has 2 rings (SSSR count). The summed E-state index contributed by atoms with van der Waals surface area (Å²) in [5.74, 6) is 0.322. The Labute approximate surface area is 78.2 Å². The normalized spacial score (nSPS) is 29.2. The molecule has 4 nitrogen and oxygen atoms in total. The molecule has 74 valence electrons. The molecule has 0 aromatic rings. The second kappa shape index (κ2) is 4.07. The monoisotopic (exact) mass is 184 g/mol. The van der Waals surface area contributed by atoms with Gasteiger partial charge in [-0.05, 0) is 19.3 Å². The van der Waals surface area contributed by atoms with Crippen molar-refractivity contribution in [1.82, 2.24) is 10.4 Å². The number of hydrogen-bond acceptors (Lipinski definition) is 3. The molecule has 2 saturated heterocycles. The van der Waals surface area contributed by atoms with Crippen LogP contribution in [0.2, 0.25) is 0 Å². The van der Waals surface area contributed by atoms with E-state index in [-0.39, 0.29) is 11.8 Å². The average Bonchev–Trinajstić information content (AvgIpc) is 2.71. The molecule has 1 unspecified atom stereocenters. The minimum atomic E-state index is 0.102. The van der Waals surface area contributed by atoms with E-state index in [1.165, 1.54) is 6.42 Å². The van der Waals surface area contributed by atoms with Gasteiger partial charge in [0.05, 0.1) is 12.5 Å². The molecule has 0 bridgehead atoms. The number of hydrazine groups is 1. The van der Waals surface area contributed by atoms with Crippen LogP contribution in [0, 0.1) is 5.92 Å². The molecule has 0 aliphatic carbocycles. The van der Waals surface area contributed by atoms with Crippen molar-refractivity contribution in [2.75, 3.05) is 26.3 Å². The Hall–Kier alpha value is -0.610. The molecule has 0 spiro atoms. The highest BCUT2D eigenvalue weighted by molar-refractivity contribution is 5.78. The lowest BCUT2D eigenvalue weighted by atomic mass is 10.1. The van der Waals surface area contributed by atoms with E-state index in [9.17, 15) is 4.79 Å². The number of amides is 1.